The van der Waals surface area contributed by atoms with Crippen LogP contribution < -0.4 is 20.5 Å². The Kier molecular flexibility index (Phi) is 3.96. The van der Waals surface area contributed by atoms with Crippen molar-refractivity contribution in [1.29, 1.82) is 0 Å². The second-order valence-electron chi connectivity index (χ2n) is 4.56. The minimum Gasteiger partial charge on any atom is -0.493 e. The summed E-state index contributed by atoms with van der Waals surface area (Å²) in [6, 6.07) is 10.9. The predicted molar refractivity (Wildman–Crippen MR) is 86.4 cm³/mol. The van der Waals surface area contributed by atoms with Crippen LogP contribution in [0.3, 0.4) is 0 Å². The fourth-order valence-corrected chi connectivity index (χ4v) is 2.13. The number of nitrogens with zero attached hydrogens (tertiary/aromatic N) is 4. The van der Waals surface area contributed by atoms with Crippen molar-refractivity contribution in [3.05, 3.63) is 42.6 Å². The summed E-state index contributed by atoms with van der Waals surface area (Å²) in [4.78, 5) is 8.39. The first kappa shape index (κ1) is 14.6. The van der Waals surface area contributed by atoms with Gasteiger partial charge >= 0.3 is 0 Å². The van der Waals surface area contributed by atoms with Crippen molar-refractivity contribution >= 4 is 17.6 Å². The monoisotopic (exact) mass is 312 g/mol. The number of ether oxygens (including phenoxy) is 2. The molecule has 3 rings (SSSR count). The van der Waals surface area contributed by atoms with Crippen LogP contribution in [-0.2, 0) is 0 Å². The average molecular weight is 312 g/mol. The zero-order chi connectivity index (χ0) is 16.2. The molecule has 0 radical (unpaired) electrons. The first-order valence-corrected chi connectivity index (χ1v) is 6.85. The fourth-order valence-electron chi connectivity index (χ4n) is 2.13. The summed E-state index contributed by atoms with van der Waals surface area (Å²) in [5.74, 6) is 2.31. The van der Waals surface area contributed by atoms with E-state index in [4.69, 9.17) is 15.2 Å². The minimum atomic E-state index is 0.230. The van der Waals surface area contributed by atoms with Gasteiger partial charge in [-0.3, -0.25) is 0 Å². The maximum atomic E-state index is 5.91. The van der Waals surface area contributed by atoms with Crippen molar-refractivity contribution in [2.45, 2.75) is 0 Å². The van der Waals surface area contributed by atoms with Crippen LogP contribution in [0.2, 0.25) is 0 Å². The van der Waals surface area contributed by atoms with E-state index in [0.717, 1.165) is 0 Å². The van der Waals surface area contributed by atoms with Gasteiger partial charge in [0, 0.05) is 6.20 Å². The number of rotatable bonds is 5. The van der Waals surface area contributed by atoms with Gasteiger partial charge in [0.2, 0.25) is 11.9 Å². The highest BCUT2D eigenvalue weighted by molar-refractivity contribution is 5.67. The van der Waals surface area contributed by atoms with Crippen molar-refractivity contribution in [1.82, 2.24) is 19.7 Å². The van der Waals surface area contributed by atoms with Crippen LogP contribution in [0.15, 0.2) is 42.6 Å². The van der Waals surface area contributed by atoms with Crippen LogP contribution >= 0.6 is 0 Å². The van der Waals surface area contributed by atoms with E-state index in [-0.39, 0.29) is 5.95 Å². The molecule has 0 spiro atoms. The highest BCUT2D eigenvalue weighted by atomic mass is 16.5. The summed E-state index contributed by atoms with van der Waals surface area (Å²) in [7, 11) is 3.14. The third kappa shape index (κ3) is 2.86. The summed E-state index contributed by atoms with van der Waals surface area (Å²) >= 11 is 0. The molecule has 0 unspecified atom stereocenters. The lowest BCUT2D eigenvalue weighted by Crippen LogP contribution is -2.04. The van der Waals surface area contributed by atoms with Gasteiger partial charge in [0.1, 0.15) is 0 Å². The lowest BCUT2D eigenvalue weighted by molar-refractivity contribution is 0.356. The summed E-state index contributed by atoms with van der Waals surface area (Å²) in [5, 5.41) is 7.39. The number of pyridine rings is 1. The summed E-state index contributed by atoms with van der Waals surface area (Å²) in [6.07, 6.45) is 1.66. The Morgan fingerprint density at radius 3 is 2.65 bits per heavy atom. The molecule has 118 valence electrons. The molecule has 0 atom stereocenters. The number of nitrogens with two attached hydrogens (primary N) is 1. The van der Waals surface area contributed by atoms with Crippen molar-refractivity contribution in [3.8, 4) is 17.3 Å². The Balaban J connectivity index is 1.93. The number of anilines is 3. The predicted octanol–water partition coefficient (Wildman–Crippen LogP) is 2.01. The van der Waals surface area contributed by atoms with Gasteiger partial charge in [-0.15, -0.1) is 5.10 Å². The smallest absolute Gasteiger partial charge is 0.249 e. The molecule has 3 N–H and O–H groups in total. The second kappa shape index (κ2) is 6.22. The Bertz CT molecular complexity index is 803. The molecule has 8 nitrogen and oxygen atoms in total. The molecule has 2 aromatic heterocycles. The van der Waals surface area contributed by atoms with Crippen LogP contribution in [0.5, 0.6) is 11.5 Å². The highest BCUT2D eigenvalue weighted by Gasteiger charge is 2.14. The standard InChI is InChI=1S/C15H16N6O2/c1-22-11-7-5-6-10(13(11)23-2)18-15-19-14(16)21(20-15)12-8-3-4-9-17-12/h3-9H,1-2H3,(H3,16,18,19,20). The fraction of sp³-hybridized carbons (Fsp3) is 0.133. The summed E-state index contributed by atoms with van der Waals surface area (Å²) in [5.41, 5.74) is 6.58. The molecule has 3 aromatic rings. The Labute approximate surface area is 132 Å². The SMILES string of the molecule is COc1cccc(Nc2nc(N)n(-c3ccccn3)n2)c1OC. The van der Waals surface area contributed by atoms with Gasteiger partial charge in [0.15, 0.2) is 17.3 Å². The molecule has 0 bridgehead atoms. The van der Waals surface area contributed by atoms with Gasteiger partial charge in [-0.25, -0.2) is 4.98 Å². The minimum absolute atomic E-state index is 0.230. The Morgan fingerprint density at radius 2 is 1.96 bits per heavy atom. The molecule has 0 saturated carbocycles. The van der Waals surface area contributed by atoms with Crippen molar-refractivity contribution < 1.29 is 9.47 Å². The number of para-hydroxylation sites is 1. The maximum absolute atomic E-state index is 5.91. The van der Waals surface area contributed by atoms with E-state index < -0.39 is 0 Å². The molecule has 8 heteroatoms. The lowest BCUT2D eigenvalue weighted by Gasteiger charge is -2.12. The number of nitrogens with one attached hydrogen (secondary N) is 1. The third-order valence-electron chi connectivity index (χ3n) is 3.15. The first-order valence-electron chi connectivity index (χ1n) is 6.85. The number of benzene rings is 1. The van der Waals surface area contributed by atoms with Gasteiger partial charge in [-0.2, -0.15) is 9.67 Å². The van der Waals surface area contributed by atoms with Gasteiger partial charge in [0.05, 0.1) is 19.9 Å². The highest BCUT2D eigenvalue weighted by Crippen LogP contribution is 2.36. The van der Waals surface area contributed by atoms with E-state index in [1.54, 1.807) is 32.5 Å². The number of hydrogen-bond donors (Lipinski definition) is 2. The van der Waals surface area contributed by atoms with E-state index >= 15 is 0 Å². The van der Waals surface area contributed by atoms with Gasteiger partial charge < -0.3 is 20.5 Å². The Hall–Kier alpha value is -3.29. The quantitative estimate of drug-likeness (QED) is 0.743. The van der Waals surface area contributed by atoms with Crippen molar-refractivity contribution in [2.75, 3.05) is 25.3 Å². The molecule has 0 aliphatic rings. The zero-order valence-electron chi connectivity index (χ0n) is 12.7. The van der Waals surface area contributed by atoms with E-state index in [1.807, 2.05) is 24.3 Å². The number of methoxy groups -OCH3 is 2. The van der Waals surface area contributed by atoms with Gasteiger partial charge in [-0.05, 0) is 24.3 Å². The topological polar surface area (TPSA) is 100 Å². The molecule has 0 aliphatic carbocycles. The van der Waals surface area contributed by atoms with E-state index in [9.17, 15) is 0 Å². The molecule has 1 aromatic carbocycles. The molecule has 2 heterocycles. The van der Waals surface area contributed by atoms with Crippen LogP contribution in [-0.4, -0.2) is 34.0 Å². The molecular formula is C15H16N6O2. The van der Waals surface area contributed by atoms with E-state index in [0.29, 0.717) is 29.0 Å². The molecule has 0 fully saturated rings. The average Bonchev–Trinajstić information content (AvgIpc) is 2.95. The van der Waals surface area contributed by atoms with E-state index in [1.165, 1.54) is 4.68 Å². The number of aromatic nitrogens is 4. The van der Waals surface area contributed by atoms with Crippen molar-refractivity contribution in [2.24, 2.45) is 0 Å². The molecule has 0 saturated heterocycles. The molecule has 0 amide bonds. The van der Waals surface area contributed by atoms with E-state index in [2.05, 4.69) is 20.4 Å². The van der Waals surface area contributed by atoms with Crippen LogP contribution in [0.1, 0.15) is 0 Å². The zero-order valence-corrected chi connectivity index (χ0v) is 12.7. The van der Waals surface area contributed by atoms with Crippen LogP contribution in [0.4, 0.5) is 17.6 Å². The molecule has 23 heavy (non-hydrogen) atoms. The Morgan fingerprint density at radius 1 is 1.09 bits per heavy atom. The summed E-state index contributed by atoms with van der Waals surface area (Å²) < 4.78 is 12.1. The molecule has 0 aliphatic heterocycles. The number of hydrogen-bond acceptors (Lipinski definition) is 7. The number of nitrogen functional groups attached to an aromatic ring is 1. The van der Waals surface area contributed by atoms with Gasteiger partial charge in [-0.1, -0.05) is 12.1 Å². The first-order chi connectivity index (χ1) is 11.2. The van der Waals surface area contributed by atoms with Crippen LogP contribution in [0.25, 0.3) is 5.82 Å². The lowest BCUT2D eigenvalue weighted by atomic mass is 10.2. The second-order valence-corrected chi connectivity index (χ2v) is 4.56. The molecular weight excluding hydrogens is 296 g/mol. The summed E-state index contributed by atoms with van der Waals surface area (Å²) in [6.45, 7) is 0. The van der Waals surface area contributed by atoms with Gasteiger partial charge in [0.25, 0.3) is 0 Å². The van der Waals surface area contributed by atoms with Crippen LogP contribution in [0, 0.1) is 0 Å². The maximum Gasteiger partial charge on any atom is 0.249 e. The third-order valence-corrected chi connectivity index (χ3v) is 3.15. The van der Waals surface area contributed by atoms with Crippen molar-refractivity contribution in [3.63, 3.8) is 0 Å². The largest absolute Gasteiger partial charge is 0.493 e. The normalized spacial score (nSPS) is 10.3.